The predicted octanol–water partition coefficient (Wildman–Crippen LogP) is 4.58. The van der Waals surface area contributed by atoms with Crippen LogP contribution in [0.4, 0.5) is 20.3 Å². The van der Waals surface area contributed by atoms with Crippen LogP contribution in [-0.2, 0) is 0 Å². The number of carbonyl (C=O) groups excluding carboxylic acids is 1. The second-order valence-corrected chi connectivity index (χ2v) is 9.82. The molecule has 3 N–H and O–H groups in total. The minimum Gasteiger partial charge on any atom is -0.391 e. The van der Waals surface area contributed by atoms with Gasteiger partial charge in [0.15, 0.2) is 11.3 Å². The maximum atomic E-state index is 13.7. The third-order valence-electron chi connectivity index (χ3n) is 7.25. The number of hydrogen-bond donors (Lipinski definition) is 3. The summed E-state index contributed by atoms with van der Waals surface area (Å²) in [6.45, 7) is 2.19. The molecule has 2 aliphatic carbocycles. The molecule has 2 aliphatic rings. The lowest BCUT2D eigenvalue weighted by atomic mass is 9.87. The molecule has 0 saturated heterocycles. The van der Waals surface area contributed by atoms with Crippen molar-refractivity contribution in [2.45, 2.75) is 82.9 Å². The topological polar surface area (TPSA) is 109 Å². The fourth-order valence-corrected chi connectivity index (χ4v) is 5.13. The first-order valence-electron chi connectivity index (χ1n) is 12.4. The van der Waals surface area contributed by atoms with E-state index >= 15 is 0 Å². The van der Waals surface area contributed by atoms with Crippen LogP contribution in [0.25, 0.3) is 5.65 Å². The maximum absolute atomic E-state index is 13.7. The summed E-state index contributed by atoms with van der Waals surface area (Å²) in [6.07, 6.45) is 8.68. The quantitative estimate of drug-likeness (QED) is 0.470. The van der Waals surface area contributed by atoms with Crippen LogP contribution in [0, 0.1) is 5.92 Å². The molecule has 0 unspecified atom stereocenters. The van der Waals surface area contributed by atoms with E-state index in [1.165, 1.54) is 16.9 Å². The number of hydrogen-bond acceptors (Lipinski definition) is 6. The second kappa shape index (κ2) is 9.88. The maximum Gasteiger partial charge on any atom is 0.284 e. The summed E-state index contributed by atoms with van der Waals surface area (Å²) in [7, 11) is 0. The lowest BCUT2D eigenvalue weighted by molar-refractivity contribution is 0.102. The summed E-state index contributed by atoms with van der Waals surface area (Å²) in [4.78, 5) is 17.6. The largest absolute Gasteiger partial charge is 0.391 e. The van der Waals surface area contributed by atoms with Crippen LogP contribution < -0.4 is 10.6 Å². The van der Waals surface area contributed by atoms with Gasteiger partial charge >= 0.3 is 0 Å². The van der Waals surface area contributed by atoms with Gasteiger partial charge in [-0.05, 0) is 50.5 Å². The number of aliphatic hydroxyl groups is 1. The Bertz CT molecular complexity index is 1190. The standard InChI is InChI=1S/C24H31F2N7O2/c1-14-6-8-15(9-7-14)33-13-18(21(31-33)22(25)26)29-24(35)16-12-27-32-11-10-20(30-23(16)32)28-17-4-2-3-5-19(17)34/h10-15,17,19,22,34H,2-9H2,1H3,(H,28,30)(H,29,35)/t14?,15?,17-,19-/m1/s1. The summed E-state index contributed by atoms with van der Waals surface area (Å²) in [5.41, 5.74) is 0.0278. The van der Waals surface area contributed by atoms with Crippen LogP contribution in [0.15, 0.2) is 24.7 Å². The number of carbonyl (C=O) groups is 1. The highest BCUT2D eigenvalue weighted by atomic mass is 19.3. The van der Waals surface area contributed by atoms with Gasteiger partial charge in [-0.15, -0.1) is 0 Å². The molecule has 3 aromatic rings. The van der Waals surface area contributed by atoms with Crippen molar-refractivity contribution < 1.29 is 18.7 Å². The van der Waals surface area contributed by atoms with Crippen molar-refractivity contribution in [3.05, 3.63) is 35.9 Å². The highest BCUT2D eigenvalue weighted by Crippen LogP contribution is 2.34. The van der Waals surface area contributed by atoms with Crippen molar-refractivity contribution in [2.24, 2.45) is 5.92 Å². The number of anilines is 2. The fraction of sp³-hybridized carbons (Fsp3) is 0.583. The van der Waals surface area contributed by atoms with E-state index < -0.39 is 24.1 Å². The average molecular weight is 488 g/mol. The minimum atomic E-state index is -2.81. The molecule has 3 aromatic heterocycles. The molecular weight excluding hydrogens is 456 g/mol. The van der Waals surface area contributed by atoms with E-state index in [2.05, 4.69) is 32.7 Å². The molecule has 0 aliphatic heterocycles. The van der Waals surface area contributed by atoms with Gasteiger partial charge in [0.2, 0.25) is 0 Å². The molecule has 0 bridgehead atoms. The number of aromatic nitrogens is 5. The Balaban J connectivity index is 1.36. The molecule has 11 heteroatoms. The van der Waals surface area contributed by atoms with Crippen LogP contribution in [0.3, 0.4) is 0 Å². The molecule has 188 valence electrons. The number of amides is 1. The zero-order valence-corrected chi connectivity index (χ0v) is 19.7. The molecule has 0 spiro atoms. The molecule has 1 amide bonds. The number of halogens is 2. The SMILES string of the molecule is CC1CCC(n2cc(NC(=O)c3cnn4ccc(N[C@@H]5CCCC[C@H]5O)nc34)c(C(F)F)n2)CC1. The minimum absolute atomic E-state index is 0.00239. The van der Waals surface area contributed by atoms with Crippen LogP contribution >= 0.6 is 0 Å². The summed E-state index contributed by atoms with van der Waals surface area (Å²) >= 11 is 0. The Hall–Kier alpha value is -3.08. The monoisotopic (exact) mass is 487 g/mol. The molecular formula is C24H31F2N7O2. The fourth-order valence-electron chi connectivity index (χ4n) is 5.13. The van der Waals surface area contributed by atoms with Crippen LogP contribution in [0.2, 0.25) is 0 Å². The first-order valence-corrected chi connectivity index (χ1v) is 12.4. The number of fused-ring (bicyclic) bond motifs is 1. The van der Waals surface area contributed by atoms with Crippen LogP contribution in [0.1, 0.15) is 86.8 Å². The van der Waals surface area contributed by atoms with Crippen molar-refractivity contribution in [2.75, 3.05) is 10.6 Å². The van der Waals surface area contributed by atoms with Gasteiger partial charge in [-0.25, -0.2) is 18.3 Å². The molecule has 2 atom stereocenters. The Morgan fingerprint density at radius 2 is 1.94 bits per heavy atom. The molecule has 9 nitrogen and oxygen atoms in total. The highest BCUT2D eigenvalue weighted by molar-refractivity contribution is 6.08. The zero-order valence-electron chi connectivity index (χ0n) is 19.7. The first-order chi connectivity index (χ1) is 16.9. The van der Waals surface area contributed by atoms with Crippen molar-refractivity contribution in [1.29, 1.82) is 0 Å². The summed E-state index contributed by atoms with van der Waals surface area (Å²) in [6, 6.07) is 1.67. The van der Waals surface area contributed by atoms with Crippen molar-refractivity contribution in [3.8, 4) is 0 Å². The van der Waals surface area contributed by atoms with Crippen molar-refractivity contribution in [3.63, 3.8) is 0 Å². The molecule has 2 saturated carbocycles. The molecule has 0 radical (unpaired) electrons. The van der Waals surface area contributed by atoms with E-state index in [-0.39, 0.29) is 23.3 Å². The van der Waals surface area contributed by atoms with Gasteiger partial charge in [-0.1, -0.05) is 19.8 Å². The molecule has 3 heterocycles. The summed E-state index contributed by atoms with van der Waals surface area (Å²) < 4.78 is 30.5. The van der Waals surface area contributed by atoms with Gasteiger partial charge in [0.1, 0.15) is 11.4 Å². The Labute approximate surface area is 201 Å². The van der Waals surface area contributed by atoms with E-state index in [9.17, 15) is 18.7 Å². The predicted molar refractivity (Wildman–Crippen MR) is 127 cm³/mol. The lowest BCUT2D eigenvalue weighted by Gasteiger charge is -2.28. The molecule has 5 rings (SSSR count). The van der Waals surface area contributed by atoms with E-state index in [0.29, 0.717) is 17.4 Å². The van der Waals surface area contributed by atoms with E-state index in [1.54, 1.807) is 16.9 Å². The van der Waals surface area contributed by atoms with E-state index in [1.807, 2.05) is 0 Å². The van der Waals surface area contributed by atoms with Gasteiger partial charge in [0, 0.05) is 12.4 Å². The highest BCUT2D eigenvalue weighted by Gasteiger charge is 2.27. The zero-order chi connectivity index (χ0) is 24.5. The van der Waals surface area contributed by atoms with Gasteiger partial charge in [-0.2, -0.15) is 10.2 Å². The molecule has 0 aromatic carbocycles. The second-order valence-electron chi connectivity index (χ2n) is 9.82. The normalized spacial score (nSPS) is 25.2. The molecule has 35 heavy (non-hydrogen) atoms. The third-order valence-corrected chi connectivity index (χ3v) is 7.25. The van der Waals surface area contributed by atoms with Gasteiger partial charge in [0.05, 0.1) is 30.1 Å². The Morgan fingerprint density at radius 1 is 1.17 bits per heavy atom. The average Bonchev–Trinajstić information content (AvgIpc) is 3.45. The lowest BCUT2D eigenvalue weighted by Crippen LogP contribution is -2.36. The number of alkyl halides is 2. The van der Waals surface area contributed by atoms with Gasteiger partial charge < -0.3 is 15.7 Å². The Kier molecular flexibility index (Phi) is 6.68. The van der Waals surface area contributed by atoms with Crippen LogP contribution in [0.5, 0.6) is 0 Å². The van der Waals surface area contributed by atoms with Gasteiger partial charge in [0.25, 0.3) is 12.3 Å². The number of nitrogens with zero attached hydrogens (tertiary/aromatic N) is 5. The smallest absolute Gasteiger partial charge is 0.284 e. The molecule has 2 fully saturated rings. The Morgan fingerprint density at radius 3 is 2.69 bits per heavy atom. The number of rotatable bonds is 6. The number of nitrogens with one attached hydrogen (secondary N) is 2. The van der Waals surface area contributed by atoms with E-state index in [0.717, 1.165) is 51.4 Å². The summed E-state index contributed by atoms with van der Waals surface area (Å²) in [5.74, 6) is 0.561. The van der Waals surface area contributed by atoms with E-state index in [4.69, 9.17) is 0 Å². The van der Waals surface area contributed by atoms with Gasteiger partial charge in [-0.3, -0.25) is 9.48 Å². The van der Waals surface area contributed by atoms with Crippen molar-refractivity contribution in [1.82, 2.24) is 24.4 Å². The van der Waals surface area contributed by atoms with Crippen molar-refractivity contribution >= 4 is 23.1 Å². The first kappa shape index (κ1) is 23.7. The van der Waals surface area contributed by atoms with Crippen LogP contribution in [-0.4, -0.2) is 47.5 Å². The number of aliphatic hydroxyl groups excluding tert-OH is 1. The summed E-state index contributed by atoms with van der Waals surface area (Å²) in [5, 5.41) is 24.4. The third kappa shape index (κ3) is 5.00.